The Kier molecular flexibility index (Phi) is 3.26. The first-order valence-electron chi connectivity index (χ1n) is 6.97. The molecule has 2 heterocycles. The summed E-state index contributed by atoms with van der Waals surface area (Å²) in [6, 6.07) is 12.3. The summed E-state index contributed by atoms with van der Waals surface area (Å²) in [7, 11) is 0. The van der Waals surface area contributed by atoms with Gasteiger partial charge in [0.2, 0.25) is 0 Å². The van der Waals surface area contributed by atoms with E-state index in [4.69, 9.17) is 0 Å². The third-order valence-electron chi connectivity index (χ3n) is 3.78. The van der Waals surface area contributed by atoms with Gasteiger partial charge in [0.15, 0.2) is 5.78 Å². The molecule has 0 fully saturated rings. The van der Waals surface area contributed by atoms with E-state index in [1.807, 2.05) is 12.1 Å². The van der Waals surface area contributed by atoms with Crippen molar-refractivity contribution in [3.63, 3.8) is 0 Å². The minimum Gasteiger partial charge on any atom is -0.326 e. The van der Waals surface area contributed by atoms with Crippen LogP contribution in [0.3, 0.4) is 0 Å². The van der Waals surface area contributed by atoms with Gasteiger partial charge in [-0.2, -0.15) is 0 Å². The number of para-hydroxylation sites is 1. The largest absolute Gasteiger partial charge is 0.326 e. The minimum absolute atomic E-state index is 0.0523. The third-order valence-corrected chi connectivity index (χ3v) is 3.78. The molecule has 1 atom stereocenters. The minimum atomic E-state index is 0.0523. The maximum absolute atomic E-state index is 11.3. The molecule has 2 aromatic rings. The maximum Gasteiger partial charge on any atom is 0.161 e. The molecule has 1 aliphatic rings. The summed E-state index contributed by atoms with van der Waals surface area (Å²) in [5, 5.41) is 0. The molecule has 102 valence electrons. The fourth-order valence-corrected chi connectivity index (χ4v) is 2.77. The van der Waals surface area contributed by atoms with E-state index < -0.39 is 0 Å². The number of rotatable bonds is 2. The van der Waals surface area contributed by atoms with Crippen molar-refractivity contribution in [2.24, 2.45) is 5.92 Å². The lowest BCUT2D eigenvalue weighted by atomic mass is 9.94. The molecule has 0 amide bonds. The van der Waals surface area contributed by atoms with Gasteiger partial charge in [0, 0.05) is 24.0 Å². The van der Waals surface area contributed by atoms with Gasteiger partial charge >= 0.3 is 0 Å². The fourth-order valence-electron chi connectivity index (χ4n) is 2.77. The number of benzene rings is 1. The standard InChI is InChI=1S/C17H18N2O/c1-12-9-14-5-3-4-6-16(14)19(11-12)17-8-7-15(10-18-17)13(2)20/h3-8,10,12H,9,11H2,1-2H3. The topological polar surface area (TPSA) is 33.2 Å². The number of ketones is 1. The molecule has 0 saturated carbocycles. The Balaban J connectivity index is 1.99. The highest BCUT2D eigenvalue weighted by Crippen LogP contribution is 2.34. The molecule has 0 radical (unpaired) electrons. The van der Waals surface area contributed by atoms with Gasteiger partial charge in [-0.05, 0) is 43.0 Å². The Bertz CT molecular complexity index is 634. The van der Waals surface area contributed by atoms with Crippen LogP contribution in [0.4, 0.5) is 11.5 Å². The summed E-state index contributed by atoms with van der Waals surface area (Å²) in [6.45, 7) is 4.78. The average Bonchev–Trinajstić information content (AvgIpc) is 2.46. The lowest BCUT2D eigenvalue weighted by Gasteiger charge is -2.34. The zero-order valence-corrected chi connectivity index (χ0v) is 11.8. The predicted molar refractivity (Wildman–Crippen MR) is 80.6 cm³/mol. The fraction of sp³-hybridized carbons (Fsp3) is 0.294. The van der Waals surface area contributed by atoms with E-state index in [0.29, 0.717) is 11.5 Å². The lowest BCUT2D eigenvalue weighted by molar-refractivity contribution is 0.101. The van der Waals surface area contributed by atoms with Crippen molar-refractivity contribution in [1.82, 2.24) is 4.98 Å². The summed E-state index contributed by atoms with van der Waals surface area (Å²) in [4.78, 5) is 18.0. The van der Waals surface area contributed by atoms with Gasteiger partial charge in [-0.3, -0.25) is 4.79 Å². The second-order valence-corrected chi connectivity index (χ2v) is 5.51. The van der Waals surface area contributed by atoms with Gasteiger partial charge in [0.1, 0.15) is 5.82 Å². The number of pyridine rings is 1. The van der Waals surface area contributed by atoms with Crippen molar-refractivity contribution in [2.45, 2.75) is 20.3 Å². The number of Topliss-reactive ketones (excluding diaryl/α,β-unsaturated/α-hetero) is 1. The number of aromatic nitrogens is 1. The summed E-state index contributed by atoms with van der Waals surface area (Å²) in [5.74, 6) is 1.56. The second-order valence-electron chi connectivity index (χ2n) is 5.51. The van der Waals surface area contributed by atoms with Crippen LogP contribution in [0.25, 0.3) is 0 Å². The second kappa shape index (κ2) is 5.08. The van der Waals surface area contributed by atoms with E-state index >= 15 is 0 Å². The smallest absolute Gasteiger partial charge is 0.161 e. The molecule has 0 saturated heterocycles. The molecule has 20 heavy (non-hydrogen) atoms. The van der Waals surface area contributed by atoms with Crippen LogP contribution >= 0.6 is 0 Å². The number of hydrogen-bond acceptors (Lipinski definition) is 3. The Morgan fingerprint density at radius 3 is 2.75 bits per heavy atom. The highest BCUT2D eigenvalue weighted by atomic mass is 16.1. The Morgan fingerprint density at radius 1 is 1.25 bits per heavy atom. The molecule has 0 N–H and O–H groups in total. The molecular formula is C17H18N2O. The van der Waals surface area contributed by atoms with Gasteiger partial charge in [-0.15, -0.1) is 0 Å². The van der Waals surface area contributed by atoms with E-state index in [-0.39, 0.29) is 5.78 Å². The van der Waals surface area contributed by atoms with Crippen LogP contribution < -0.4 is 4.90 Å². The first kappa shape index (κ1) is 12.9. The van der Waals surface area contributed by atoms with Crippen molar-refractivity contribution in [3.8, 4) is 0 Å². The van der Waals surface area contributed by atoms with Crippen LogP contribution in [0.5, 0.6) is 0 Å². The maximum atomic E-state index is 11.3. The van der Waals surface area contributed by atoms with E-state index in [1.54, 1.807) is 13.1 Å². The molecule has 1 aromatic carbocycles. The van der Waals surface area contributed by atoms with Gasteiger partial charge in [-0.25, -0.2) is 4.98 Å². The zero-order valence-electron chi connectivity index (χ0n) is 11.8. The Labute approximate surface area is 119 Å². The molecule has 3 heteroatoms. The summed E-state index contributed by atoms with van der Waals surface area (Å²) in [6.07, 6.45) is 2.78. The molecule has 3 nitrogen and oxygen atoms in total. The molecule has 3 rings (SSSR count). The number of anilines is 2. The first-order chi connectivity index (χ1) is 9.65. The number of carbonyl (C=O) groups is 1. The number of fused-ring (bicyclic) bond motifs is 1. The van der Waals surface area contributed by atoms with Gasteiger partial charge in [0.25, 0.3) is 0 Å². The SMILES string of the molecule is CC(=O)c1ccc(N2CC(C)Cc3ccccc32)nc1. The van der Waals surface area contributed by atoms with Crippen molar-refractivity contribution < 1.29 is 4.79 Å². The molecule has 0 bridgehead atoms. The highest BCUT2D eigenvalue weighted by Gasteiger charge is 2.23. The highest BCUT2D eigenvalue weighted by molar-refractivity contribution is 5.93. The van der Waals surface area contributed by atoms with Gasteiger partial charge in [-0.1, -0.05) is 25.1 Å². The average molecular weight is 266 g/mol. The quantitative estimate of drug-likeness (QED) is 0.778. The van der Waals surface area contributed by atoms with Gasteiger partial charge < -0.3 is 4.90 Å². The van der Waals surface area contributed by atoms with Crippen LogP contribution in [0.2, 0.25) is 0 Å². The van der Waals surface area contributed by atoms with Crippen LogP contribution in [0.1, 0.15) is 29.8 Å². The zero-order chi connectivity index (χ0) is 14.1. The summed E-state index contributed by atoms with van der Waals surface area (Å²) in [5.41, 5.74) is 3.25. The van der Waals surface area contributed by atoms with E-state index in [0.717, 1.165) is 18.8 Å². The van der Waals surface area contributed by atoms with Gasteiger partial charge in [0.05, 0.1) is 0 Å². The van der Waals surface area contributed by atoms with Crippen molar-refractivity contribution in [2.75, 3.05) is 11.4 Å². The molecule has 1 aliphatic heterocycles. The van der Waals surface area contributed by atoms with Crippen molar-refractivity contribution >= 4 is 17.3 Å². The van der Waals surface area contributed by atoms with E-state index in [9.17, 15) is 4.79 Å². The van der Waals surface area contributed by atoms with Crippen molar-refractivity contribution in [1.29, 1.82) is 0 Å². The number of nitrogens with zero attached hydrogens (tertiary/aromatic N) is 2. The van der Waals surface area contributed by atoms with Crippen LogP contribution in [0.15, 0.2) is 42.6 Å². The molecular weight excluding hydrogens is 248 g/mol. The van der Waals surface area contributed by atoms with Crippen LogP contribution in [-0.4, -0.2) is 17.3 Å². The first-order valence-corrected chi connectivity index (χ1v) is 6.97. The third kappa shape index (κ3) is 2.31. The normalized spacial score (nSPS) is 17.7. The summed E-state index contributed by atoms with van der Waals surface area (Å²) < 4.78 is 0. The Morgan fingerprint density at radius 2 is 2.05 bits per heavy atom. The molecule has 1 unspecified atom stereocenters. The number of carbonyl (C=O) groups excluding carboxylic acids is 1. The lowest BCUT2D eigenvalue weighted by Crippen LogP contribution is -2.30. The molecule has 0 spiro atoms. The summed E-state index contributed by atoms with van der Waals surface area (Å²) >= 11 is 0. The van der Waals surface area contributed by atoms with E-state index in [1.165, 1.54) is 11.3 Å². The number of hydrogen-bond donors (Lipinski definition) is 0. The van der Waals surface area contributed by atoms with E-state index in [2.05, 4.69) is 41.1 Å². The van der Waals surface area contributed by atoms with Crippen molar-refractivity contribution in [3.05, 3.63) is 53.7 Å². The van der Waals surface area contributed by atoms with Crippen LogP contribution in [0, 0.1) is 5.92 Å². The molecule has 1 aromatic heterocycles. The Hall–Kier alpha value is -2.16. The van der Waals surface area contributed by atoms with Crippen LogP contribution in [-0.2, 0) is 6.42 Å². The predicted octanol–water partition coefficient (Wildman–Crippen LogP) is 3.61. The molecule has 0 aliphatic carbocycles. The monoisotopic (exact) mass is 266 g/mol.